The van der Waals surface area contributed by atoms with E-state index in [0.717, 1.165) is 25.1 Å². The minimum atomic E-state index is -4.35. The van der Waals surface area contributed by atoms with Gasteiger partial charge in [0.05, 0.1) is 11.1 Å². The Kier molecular flexibility index (Phi) is 3.32. The van der Waals surface area contributed by atoms with Crippen LogP contribution in [0.5, 0.6) is 0 Å². The monoisotopic (exact) mass is 300 g/mol. The number of nitrogens with zero attached hydrogens (tertiary/aromatic N) is 1. The first-order chi connectivity index (χ1) is 9.91. The van der Waals surface area contributed by atoms with Crippen molar-refractivity contribution in [3.63, 3.8) is 0 Å². The number of alkyl halides is 3. The molecule has 2 aliphatic rings. The summed E-state index contributed by atoms with van der Waals surface area (Å²) in [4.78, 5) is 13.5. The Morgan fingerprint density at radius 2 is 2.00 bits per heavy atom. The summed E-state index contributed by atoms with van der Waals surface area (Å²) >= 11 is 0. The summed E-state index contributed by atoms with van der Waals surface area (Å²) in [5.41, 5.74) is -0.389. The normalized spacial score (nSPS) is 25.7. The molecule has 2 aliphatic heterocycles. The fraction of sp³-hybridized carbons (Fsp3) is 0.500. The van der Waals surface area contributed by atoms with Gasteiger partial charge in [-0.3, -0.25) is 4.90 Å². The highest BCUT2D eigenvalue weighted by Gasteiger charge is 2.49. The second-order valence-corrected chi connectivity index (χ2v) is 5.49. The second-order valence-electron chi connectivity index (χ2n) is 5.49. The van der Waals surface area contributed by atoms with E-state index in [1.165, 1.54) is 12.1 Å². The van der Waals surface area contributed by atoms with Crippen molar-refractivity contribution in [2.24, 2.45) is 0 Å². The molecule has 0 aliphatic carbocycles. The van der Waals surface area contributed by atoms with Gasteiger partial charge in [0.25, 0.3) is 0 Å². The van der Waals surface area contributed by atoms with Crippen LogP contribution in [0.3, 0.4) is 0 Å². The standard InChI is InChI=1S/C14H15F3N2O2/c15-14(16,17)11-3-1-10(2-4-11)7-19-12(20)21-9-13(19)5-6-18-8-13/h1-4,18H,5-9H2. The quantitative estimate of drug-likeness (QED) is 0.912. The third kappa shape index (κ3) is 2.57. The molecule has 114 valence electrons. The van der Waals surface area contributed by atoms with Crippen LogP contribution in [0.4, 0.5) is 18.0 Å². The lowest BCUT2D eigenvalue weighted by atomic mass is 9.98. The molecular weight excluding hydrogens is 285 g/mol. The molecule has 21 heavy (non-hydrogen) atoms. The average molecular weight is 300 g/mol. The van der Waals surface area contributed by atoms with Gasteiger partial charge in [0, 0.05) is 13.1 Å². The molecule has 1 aromatic rings. The van der Waals surface area contributed by atoms with Crippen LogP contribution in [0.2, 0.25) is 0 Å². The minimum absolute atomic E-state index is 0.263. The Morgan fingerprint density at radius 3 is 2.57 bits per heavy atom. The molecule has 0 saturated carbocycles. The summed E-state index contributed by atoms with van der Waals surface area (Å²) in [6.45, 7) is 2.05. The maximum Gasteiger partial charge on any atom is 0.416 e. The molecular formula is C14H15F3N2O2. The third-order valence-electron chi connectivity index (χ3n) is 4.10. The van der Waals surface area contributed by atoms with E-state index >= 15 is 0 Å². The van der Waals surface area contributed by atoms with Crippen LogP contribution in [-0.2, 0) is 17.5 Å². The number of halogens is 3. The Hall–Kier alpha value is -1.76. The molecule has 1 aromatic carbocycles. The van der Waals surface area contributed by atoms with E-state index in [1.54, 1.807) is 4.90 Å². The highest BCUT2D eigenvalue weighted by atomic mass is 19.4. The number of amides is 1. The number of carbonyl (C=O) groups excluding carboxylic acids is 1. The molecule has 0 aromatic heterocycles. The molecule has 3 rings (SSSR count). The van der Waals surface area contributed by atoms with Crippen LogP contribution in [0.25, 0.3) is 0 Å². The third-order valence-corrected chi connectivity index (χ3v) is 4.10. The number of nitrogens with one attached hydrogen (secondary N) is 1. The van der Waals surface area contributed by atoms with E-state index in [9.17, 15) is 18.0 Å². The van der Waals surface area contributed by atoms with Crippen LogP contribution < -0.4 is 5.32 Å². The van der Waals surface area contributed by atoms with Gasteiger partial charge in [0.1, 0.15) is 6.61 Å². The maximum absolute atomic E-state index is 12.5. The molecule has 7 heteroatoms. The molecule has 1 N–H and O–H groups in total. The maximum atomic E-state index is 12.5. The van der Waals surface area contributed by atoms with Gasteiger partial charge in [-0.15, -0.1) is 0 Å². The molecule has 2 saturated heterocycles. The molecule has 1 amide bonds. The van der Waals surface area contributed by atoms with Gasteiger partial charge in [-0.1, -0.05) is 12.1 Å². The van der Waals surface area contributed by atoms with Crippen molar-refractivity contribution in [1.29, 1.82) is 0 Å². The number of ether oxygens (including phenoxy) is 1. The predicted molar refractivity (Wildman–Crippen MR) is 68.6 cm³/mol. The second kappa shape index (κ2) is 4.91. The van der Waals surface area contributed by atoms with Gasteiger partial charge in [-0.25, -0.2) is 4.79 Å². The van der Waals surface area contributed by atoms with Crippen LogP contribution in [0.15, 0.2) is 24.3 Å². The minimum Gasteiger partial charge on any atom is -0.447 e. The highest BCUT2D eigenvalue weighted by molar-refractivity contribution is 5.71. The van der Waals surface area contributed by atoms with Crippen molar-refractivity contribution in [3.8, 4) is 0 Å². The summed E-state index contributed by atoms with van der Waals surface area (Å²) in [7, 11) is 0. The van der Waals surface area contributed by atoms with E-state index in [4.69, 9.17) is 4.74 Å². The first-order valence-electron chi connectivity index (χ1n) is 6.72. The van der Waals surface area contributed by atoms with Crippen molar-refractivity contribution in [1.82, 2.24) is 10.2 Å². The number of rotatable bonds is 2. The zero-order valence-electron chi connectivity index (χ0n) is 11.2. The zero-order valence-corrected chi connectivity index (χ0v) is 11.2. The number of benzene rings is 1. The lowest BCUT2D eigenvalue weighted by Crippen LogP contribution is -2.48. The topological polar surface area (TPSA) is 41.6 Å². The van der Waals surface area contributed by atoms with E-state index in [0.29, 0.717) is 18.7 Å². The molecule has 2 fully saturated rings. The van der Waals surface area contributed by atoms with Crippen molar-refractivity contribution < 1.29 is 22.7 Å². The summed E-state index contributed by atoms with van der Waals surface area (Å²) < 4.78 is 42.7. The van der Waals surface area contributed by atoms with Gasteiger partial charge >= 0.3 is 12.3 Å². The molecule has 0 radical (unpaired) electrons. The lowest BCUT2D eigenvalue weighted by Gasteiger charge is -2.30. The highest BCUT2D eigenvalue weighted by Crippen LogP contribution is 2.33. The van der Waals surface area contributed by atoms with E-state index in [-0.39, 0.29) is 12.1 Å². The van der Waals surface area contributed by atoms with Crippen molar-refractivity contribution >= 4 is 6.09 Å². The molecule has 4 nitrogen and oxygen atoms in total. The number of carbonyl (C=O) groups is 1. The predicted octanol–water partition coefficient (Wildman–Crippen LogP) is 2.39. The first kappa shape index (κ1) is 14.2. The van der Waals surface area contributed by atoms with Crippen LogP contribution >= 0.6 is 0 Å². The van der Waals surface area contributed by atoms with Crippen LogP contribution in [0, 0.1) is 0 Å². The van der Waals surface area contributed by atoms with Crippen molar-refractivity contribution in [2.45, 2.75) is 24.7 Å². The Balaban J connectivity index is 1.77. The Labute approximate surface area is 119 Å². The largest absolute Gasteiger partial charge is 0.447 e. The van der Waals surface area contributed by atoms with Crippen LogP contribution in [0.1, 0.15) is 17.5 Å². The molecule has 0 bridgehead atoms. The van der Waals surface area contributed by atoms with Gasteiger partial charge in [0.15, 0.2) is 0 Å². The van der Waals surface area contributed by atoms with Crippen molar-refractivity contribution in [3.05, 3.63) is 35.4 Å². The summed E-state index contributed by atoms with van der Waals surface area (Å²) in [6, 6.07) is 4.89. The molecule has 1 spiro atoms. The fourth-order valence-electron chi connectivity index (χ4n) is 2.84. The zero-order chi connectivity index (χ0) is 15.1. The molecule has 1 atom stereocenters. The number of cyclic esters (lactones) is 1. The fourth-order valence-corrected chi connectivity index (χ4v) is 2.84. The average Bonchev–Trinajstić information content (AvgIpc) is 3.02. The Morgan fingerprint density at radius 1 is 1.29 bits per heavy atom. The molecule has 2 heterocycles. The number of hydrogen-bond donors (Lipinski definition) is 1. The summed E-state index contributed by atoms with van der Waals surface area (Å²) in [6.07, 6.45) is -3.96. The Bertz CT molecular complexity index is 536. The van der Waals surface area contributed by atoms with Crippen LogP contribution in [-0.4, -0.2) is 36.2 Å². The van der Waals surface area contributed by atoms with E-state index in [1.807, 2.05) is 0 Å². The van der Waals surface area contributed by atoms with Gasteiger partial charge in [0.2, 0.25) is 0 Å². The van der Waals surface area contributed by atoms with Gasteiger partial charge in [-0.05, 0) is 30.7 Å². The van der Waals surface area contributed by atoms with E-state index in [2.05, 4.69) is 5.32 Å². The number of hydrogen-bond acceptors (Lipinski definition) is 3. The SMILES string of the molecule is O=C1OCC2(CCNC2)N1Cc1ccc(C(F)(F)F)cc1. The van der Waals surface area contributed by atoms with Crippen molar-refractivity contribution in [2.75, 3.05) is 19.7 Å². The first-order valence-corrected chi connectivity index (χ1v) is 6.72. The summed E-state index contributed by atoms with van der Waals surface area (Å²) in [5, 5.41) is 3.20. The molecule has 1 unspecified atom stereocenters. The van der Waals surface area contributed by atoms with Gasteiger partial charge in [-0.2, -0.15) is 13.2 Å². The summed E-state index contributed by atoms with van der Waals surface area (Å²) in [5.74, 6) is 0. The lowest BCUT2D eigenvalue weighted by molar-refractivity contribution is -0.137. The van der Waals surface area contributed by atoms with E-state index < -0.39 is 17.8 Å². The smallest absolute Gasteiger partial charge is 0.416 e. The van der Waals surface area contributed by atoms with Gasteiger partial charge < -0.3 is 10.1 Å².